The van der Waals surface area contributed by atoms with E-state index in [1.165, 1.54) is 5.56 Å². The largest absolute Gasteiger partial charge is 0.480 e. The van der Waals surface area contributed by atoms with Gasteiger partial charge in [-0.05, 0) is 31.0 Å². The summed E-state index contributed by atoms with van der Waals surface area (Å²) in [6.07, 6.45) is 8.90. The van der Waals surface area contributed by atoms with Crippen LogP contribution in [0.3, 0.4) is 0 Å². The molecule has 1 unspecified atom stereocenters. The van der Waals surface area contributed by atoms with E-state index in [0.717, 1.165) is 25.1 Å². The maximum absolute atomic E-state index is 5.30. The highest BCUT2D eigenvalue weighted by Crippen LogP contribution is 2.23. The van der Waals surface area contributed by atoms with Gasteiger partial charge in [0.25, 0.3) is 0 Å². The number of pyridine rings is 1. The molecule has 0 amide bonds. The lowest BCUT2D eigenvalue weighted by Crippen LogP contribution is -2.23. The quantitative estimate of drug-likeness (QED) is 0.837. The summed E-state index contributed by atoms with van der Waals surface area (Å²) in [7, 11) is 1.62. The second kappa shape index (κ2) is 7.55. The zero-order valence-corrected chi connectivity index (χ0v) is 11.9. The first-order valence-electron chi connectivity index (χ1n) is 6.82. The van der Waals surface area contributed by atoms with Crippen LogP contribution in [0.1, 0.15) is 30.6 Å². The molecule has 0 fully saturated rings. The van der Waals surface area contributed by atoms with Crippen LogP contribution in [0, 0.1) is 0 Å². The summed E-state index contributed by atoms with van der Waals surface area (Å²) in [6, 6.07) is 4.17. The zero-order valence-electron chi connectivity index (χ0n) is 11.9. The molecule has 0 aliphatic heterocycles. The summed E-state index contributed by atoms with van der Waals surface area (Å²) >= 11 is 0. The number of ether oxygens (including phenoxy) is 1. The van der Waals surface area contributed by atoms with Crippen LogP contribution < -0.4 is 10.1 Å². The van der Waals surface area contributed by atoms with Gasteiger partial charge in [0.15, 0.2) is 0 Å². The molecular formula is C15H20N4O. The van der Waals surface area contributed by atoms with Crippen LogP contribution in [-0.4, -0.2) is 28.6 Å². The number of hydrogen-bond donors (Lipinski definition) is 1. The van der Waals surface area contributed by atoms with Gasteiger partial charge in [-0.2, -0.15) is 0 Å². The Kier molecular flexibility index (Phi) is 5.43. The number of methoxy groups -OCH3 is 1. The predicted molar refractivity (Wildman–Crippen MR) is 77.6 cm³/mol. The molecule has 0 aliphatic rings. The van der Waals surface area contributed by atoms with Gasteiger partial charge in [-0.15, -0.1) is 0 Å². The first-order chi connectivity index (χ1) is 9.85. The van der Waals surface area contributed by atoms with E-state index in [9.17, 15) is 0 Å². The Balaban J connectivity index is 2.10. The van der Waals surface area contributed by atoms with Gasteiger partial charge in [0.2, 0.25) is 5.88 Å². The SMILES string of the molecule is CCNC(CCc1cccnc1)c1nccnc1OC. The average molecular weight is 272 g/mol. The Morgan fingerprint density at radius 3 is 2.80 bits per heavy atom. The van der Waals surface area contributed by atoms with Crippen LogP contribution in [-0.2, 0) is 6.42 Å². The second-order valence-corrected chi connectivity index (χ2v) is 4.46. The van der Waals surface area contributed by atoms with Crippen LogP contribution in [0.2, 0.25) is 0 Å². The van der Waals surface area contributed by atoms with Crippen molar-refractivity contribution in [3.63, 3.8) is 0 Å². The summed E-state index contributed by atoms with van der Waals surface area (Å²) in [5.41, 5.74) is 2.08. The molecule has 0 saturated carbocycles. The third kappa shape index (κ3) is 3.74. The van der Waals surface area contributed by atoms with Crippen LogP contribution in [0.15, 0.2) is 36.9 Å². The number of hydrogen-bond acceptors (Lipinski definition) is 5. The third-order valence-corrected chi connectivity index (χ3v) is 3.11. The Morgan fingerprint density at radius 1 is 1.25 bits per heavy atom. The molecule has 0 bridgehead atoms. The van der Waals surface area contributed by atoms with Crippen molar-refractivity contribution >= 4 is 0 Å². The molecule has 0 aliphatic carbocycles. The fraction of sp³-hybridized carbons (Fsp3) is 0.400. The normalized spacial score (nSPS) is 12.1. The molecule has 2 rings (SSSR count). The van der Waals surface area contributed by atoms with Crippen molar-refractivity contribution in [2.45, 2.75) is 25.8 Å². The summed E-state index contributed by atoms with van der Waals surface area (Å²) in [4.78, 5) is 12.8. The van der Waals surface area contributed by atoms with E-state index < -0.39 is 0 Å². The van der Waals surface area contributed by atoms with Gasteiger partial charge in [0, 0.05) is 24.8 Å². The van der Waals surface area contributed by atoms with E-state index in [4.69, 9.17) is 4.74 Å². The number of rotatable bonds is 7. The monoisotopic (exact) mass is 272 g/mol. The Bertz CT molecular complexity index is 518. The molecule has 106 valence electrons. The van der Waals surface area contributed by atoms with Crippen molar-refractivity contribution in [1.29, 1.82) is 0 Å². The van der Waals surface area contributed by atoms with Gasteiger partial charge in [-0.25, -0.2) is 4.98 Å². The van der Waals surface area contributed by atoms with Gasteiger partial charge in [0.05, 0.1) is 13.2 Å². The van der Waals surface area contributed by atoms with Crippen LogP contribution in [0.5, 0.6) is 5.88 Å². The number of nitrogens with zero attached hydrogens (tertiary/aromatic N) is 3. The second-order valence-electron chi connectivity index (χ2n) is 4.46. The summed E-state index contributed by atoms with van der Waals surface area (Å²) in [5, 5.41) is 3.44. The van der Waals surface area contributed by atoms with Crippen LogP contribution >= 0.6 is 0 Å². The molecule has 0 aromatic carbocycles. The molecule has 0 radical (unpaired) electrons. The maximum Gasteiger partial charge on any atom is 0.236 e. The highest BCUT2D eigenvalue weighted by atomic mass is 16.5. The first-order valence-corrected chi connectivity index (χ1v) is 6.82. The first kappa shape index (κ1) is 14.4. The number of aromatic nitrogens is 3. The van der Waals surface area contributed by atoms with Gasteiger partial charge in [-0.3, -0.25) is 9.97 Å². The van der Waals surface area contributed by atoms with Crippen molar-refractivity contribution in [3.05, 3.63) is 48.2 Å². The molecule has 0 saturated heterocycles. The molecule has 2 aromatic rings. The van der Waals surface area contributed by atoms with Gasteiger partial charge < -0.3 is 10.1 Å². The number of nitrogens with one attached hydrogen (secondary N) is 1. The van der Waals surface area contributed by atoms with Crippen LogP contribution in [0.25, 0.3) is 0 Å². The molecule has 5 heteroatoms. The average Bonchev–Trinajstić information content (AvgIpc) is 2.52. The van der Waals surface area contributed by atoms with Crippen molar-refractivity contribution in [2.24, 2.45) is 0 Å². The highest BCUT2D eigenvalue weighted by Gasteiger charge is 2.17. The van der Waals surface area contributed by atoms with Crippen molar-refractivity contribution < 1.29 is 4.74 Å². The smallest absolute Gasteiger partial charge is 0.236 e. The zero-order chi connectivity index (χ0) is 14.2. The van der Waals surface area contributed by atoms with E-state index in [1.54, 1.807) is 25.7 Å². The third-order valence-electron chi connectivity index (χ3n) is 3.11. The molecule has 5 nitrogen and oxygen atoms in total. The fourth-order valence-corrected chi connectivity index (χ4v) is 2.17. The van der Waals surface area contributed by atoms with E-state index in [1.807, 2.05) is 12.3 Å². The summed E-state index contributed by atoms with van der Waals surface area (Å²) in [5.74, 6) is 0.588. The minimum absolute atomic E-state index is 0.129. The lowest BCUT2D eigenvalue weighted by atomic mass is 10.0. The van der Waals surface area contributed by atoms with Gasteiger partial charge >= 0.3 is 0 Å². The molecule has 2 aromatic heterocycles. The Morgan fingerprint density at radius 2 is 2.10 bits per heavy atom. The van der Waals surface area contributed by atoms with Crippen molar-refractivity contribution in [3.8, 4) is 5.88 Å². The summed E-state index contributed by atoms with van der Waals surface area (Å²) in [6.45, 7) is 2.96. The standard InChI is InChI=1S/C15H20N4O/c1-3-17-13(7-6-12-5-4-8-16-11-12)14-15(20-2)19-10-9-18-14/h4-5,8-11,13,17H,3,6-7H2,1-2H3. The van der Waals surface area contributed by atoms with E-state index in [0.29, 0.717) is 5.88 Å². The summed E-state index contributed by atoms with van der Waals surface area (Å²) < 4.78 is 5.30. The van der Waals surface area contributed by atoms with Crippen LogP contribution in [0.4, 0.5) is 0 Å². The Hall–Kier alpha value is -2.01. The van der Waals surface area contributed by atoms with E-state index in [-0.39, 0.29) is 6.04 Å². The van der Waals surface area contributed by atoms with Gasteiger partial charge in [0.1, 0.15) is 5.69 Å². The van der Waals surface area contributed by atoms with E-state index in [2.05, 4.69) is 33.3 Å². The minimum atomic E-state index is 0.129. The fourth-order valence-electron chi connectivity index (χ4n) is 2.17. The van der Waals surface area contributed by atoms with Crippen molar-refractivity contribution in [2.75, 3.05) is 13.7 Å². The topological polar surface area (TPSA) is 59.9 Å². The molecule has 1 N–H and O–H groups in total. The molecule has 0 spiro atoms. The Labute approximate surface area is 119 Å². The maximum atomic E-state index is 5.30. The lowest BCUT2D eigenvalue weighted by molar-refractivity contribution is 0.374. The predicted octanol–water partition coefficient (Wildman–Crippen LogP) is 2.16. The molecular weight excluding hydrogens is 252 g/mol. The molecule has 1 atom stereocenters. The lowest BCUT2D eigenvalue weighted by Gasteiger charge is -2.18. The number of aryl methyl sites for hydroxylation is 1. The van der Waals surface area contributed by atoms with Crippen molar-refractivity contribution in [1.82, 2.24) is 20.3 Å². The highest BCUT2D eigenvalue weighted by molar-refractivity contribution is 5.21. The minimum Gasteiger partial charge on any atom is -0.480 e. The van der Waals surface area contributed by atoms with E-state index >= 15 is 0 Å². The molecule has 2 heterocycles. The molecule has 20 heavy (non-hydrogen) atoms. The van der Waals surface area contributed by atoms with Gasteiger partial charge in [-0.1, -0.05) is 13.0 Å².